The number of hydrogen-bond acceptors (Lipinski definition) is 4. The number of aldehydes is 1. The lowest BCUT2D eigenvalue weighted by atomic mass is 10.4. The van der Waals surface area contributed by atoms with Gasteiger partial charge in [0.25, 0.3) is 0 Å². The predicted molar refractivity (Wildman–Crippen MR) is 54.3 cm³/mol. The molecule has 0 N–H and O–H groups in total. The molecule has 0 radical (unpaired) electrons. The van der Waals surface area contributed by atoms with Crippen LogP contribution in [0.5, 0.6) is 0 Å². The molecule has 0 aromatic carbocycles. The van der Waals surface area contributed by atoms with Crippen LogP contribution in [0.4, 0.5) is 0 Å². The van der Waals surface area contributed by atoms with E-state index in [4.69, 9.17) is 4.42 Å². The molecule has 2 rings (SSSR count). The molecule has 2 heterocycles. The maximum Gasteiger partial charge on any atom is 0.236 e. The first-order valence-corrected chi connectivity index (χ1v) is 5.06. The Hall–Kier alpha value is -1.42. The zero-order valence-corrected chi connectivity index (χ0v) is 8.50. The van der Waals surface area contributed by atoms with Gasteiger partial charge >= 0.3 is 0 Å². The van der Waals surface area contributed by atoms with Crippen LogP contribution in [-0.2, 0) is 11.2 Å². The maximum absolute atomic E-state index is 10.2. The average molecular weight is 207 g/mol. The molecular formula is C10H9NO2S. The van der Waals surface area contributed by atoms with Crippen molar-refractivity contribution < 1.29 is 9.21 Å². The number of oxazole rings is 1. The smallest absolute Gasteiger partial charge is 0.236 e. The van der Waals surface area contributed by atoms with E-state index in [1.807, 2.05) is 19.1 Å². The Morgan fingerprint density at radius 1 is 1.57 bits per heavy atom. The maximum atomic E-state index is 10.2. The van der Waals surface area contributed by atoms with Gasteiger partial charge in [-0.2, -0.15) is 0 Å². The van der Waals surface area contributed by atoms with Crippen molar-refractivity contribution in [2.24, 2.45) is 0 Å². The highest BCUT2D eigenvalue weighted by molar-refractivity contribution is 7.15. The van der Waals surface area contributed by atoms with Gasteiger partial charge < -0.3 is 9.21 Å². The molecule has 0 saturated carbocycles. The van der Waals surface area contributed by atoms with Crippen LogP contribution in [-0.4, -0.2) is 11.3 Å². The highest BCUT2D eigenvalue weighted by Gasteiger charge is 2.07. The predicted octanol–water partition coefficient (Wildman–Crippen LogP) is 2.45. The zero-order chi connectivity index (χ0) is 9.97. The molecule has 0 aliphatic rings. The van der Waals surface area contributed by atoms with E-state index in [1.165, 1.54) is 11.1 Å². The van der Waals surface area contributed by atoms with Crippen LogP contribution in [0, 0.1) is 6.92 Å². The molecule has 0 atom stereocenters. The molecule has 2 aromatic heterocycles. The third-order valence-corrected chi connectivity index (χ3v) is 2.78. The summed E-state index contributed by atoms with van der Waals surface area (Å²) < 4.78 is 5.26. The fourth-order valence-electron chi connectivity index (χ4n) is 1.15. The van der Waals surface area contributed by atoms with E-state index in [2.05, 4.69) is 4.98 Å². The summed E-state index contributed by atoms with van der Waals surface area (Å²) in [6.07, 6.45) is 2.66. The van der Waals surface area contributed by atoms with Crippen LogP contribution in [0.1, 0.15) is 10.6 Å². The lowest BCUT2D eigenvalue weighted by Gasteiger charge is -1.85. The van der Waals surface area contributed by atoms with Gasteiger partial charge in [-0.15, -0.1) is 11.3 Å². The summed E-state index contributed by atoms with van der Waals surface area (Å²) in [5.74, 6) is 0.597. The number of aromatic nitrogens is 1. The molecule has 0 amide bonds. The van der Waals surface area contributed by atoms with E-state index in [9.17, 15) is 4.79 Å². The summed E-state index contributed by atoms with van der Waals surface area (Å²) in [7, 11) is 0. The van der Waals surface area contributed by atoms with E-state index >= 15 is 0 Å². The Bertz CT molecular complexity index is 444. The second kappa shape index (κ2) is 3.75. The largest absolute Gasteiger partial charge is 0.444 e. The third-order valence-electron chi connectivity index (χ3n) is 1.80. The van der Waals surface area contributed by atoms with Crippen molar-refractivity contribution in [1.29, 1.82) is 0 Å². The van der Waals surface area contributed by atoms with Crippen molar-refractivity contribution >= 4 is 17.6 Å². The minimum absolute atomic E-state index is 0.313. The van der Waals surface area contributed by atoms with Gasteiger partial charge in [0.1, 0.15) is 12.5 Å². The van der Waals surface area contributed by atoms with Crippen molar-refractivity contribution in [3.63, 3.8) is 0 Å². The number of nitrogens with zero attached hydrogens (tertiary/aromatic N) is 1. The minimum atomic E-state index is 0.313. The van der Waals surface area contributed by atoms with Gasteiger partial charge in [-0.1, -0.05) is 0 Å². The summed E-state index contributed by atoms with van der Waals surface area (Å²) >= 11 is 1.63. The highest BCUT2D eigenvalue weighted by atomic mass is 32.1. The van der Waals surface area contributed by atoms with Crippen LogP contribution in [0.3, 0.4) is 0 Å². The molecule has 2 aromatic rings. The zero-order valence-electron chi connectivity index (χ0n) is 7.69. The van der Waals surface area contributed by atoms with Crippen molar-refractivity contribution in [1.82, 2.24) is 4.98 Å². The summed E-state index contributed by atoms with van der Waals surface area (Å²) in [6.45, 7) is 2.03. The van der Waals surface area contributed by atoms with Gasteiger partial charge in [0.2, 0.25) is 5.89 Å². The van der Waals surface area contributed by atoms with Crippen molar-refractivity contribution in [2.75, 3.05) is 0 Å². The number of thiophene rings is 1. The molecule has 3 nitrogen and oxygen atoms in total. The fraction of sp³-hybridized carbons (Fsp3) is 0.200. The van der Waals surface area contributed by atoms with Gasteiger partial charge in [0.15, 0.2) is 0 Å². The molecule has 0 aliphatic heterocycles. The summed E-state index contributed by atoms with van der Waals surface area (Å²) in [5, 5.41) is 0. The Morgan fingerprint density at radius 2 is 2.43 bits per heavy atom. The summed E-state index contributed by atoms with van der Waals surface area (Å²) in [6, 6.07) is 3.99. The van der Waals surface area contributed by atoms with Crippen LogP contribution in [0.25, 0.3) is 10.8 Å². The van der Waals surface area contributed by atoms with Crippen LogP contribution in [0.15, 0.2) is 22.8 Å². The molecule has 0 aliphatic carbocycles. The van der Waals surface area contributed by atoms with E-state index < -0.39 is 0 Å². The molecule has 4 heteroatoms. The molecule has 0 bridgehead atoms. The lowest BCUT2D eigenvalue weighted by Crippen LogP contribution is -1.84. The topological polar surface area (TPSA) is 43.1 Å². The number of carbonyl (C=O) groups excluding carboxylic acids is 1. The van der Waals surface area contributed by atoms with Crippen LogP contribution >= 0.6 is 11.3 Å². The van der Waals surface area contributed by atoms with E-state index in [0.717, 1.165) is 11.2 Å². The Morgan fingerprint density at radius 3 is 3.07 bits per heavy atom. The first-order valence-electron chi connectivity index (χ1n) is 4.24. The van der Waals surface area contributed by atoms with Crippen LogP contribution < -0.4 is 0 Å². The molecule has 72 valence electrons. The van der Waals surface area contributed by atoms with Gasteiger partial charge in [0, 0.05) is 11.3 Å². The summed E-state index contributed by atoms with van der Waals surface area (Å²) in [4.78, 5) is 16.7. The molecule has 0 saturated heterocycles. The SMILES string of the molecule is Cc1ccc(-c2nc(CC=O)co2)s1. The fourth-order valence-corrected chi connectivity index (χ4v) is 1.95. The van der Waals surface area contributed by atoms with Crippen molar-refractivity contribution in [3.05, 3.63) is 29.0 Å². The second-order valence-corrected chi connectivity index (χ2v) is 4.21. The Kier molecular flexibility index (Phi) is 2.45. The minimum Gasteiger partial charge on any atom is -0.444 e. The Balaban J connectivity index is 2.28. The first-order chi connectivity index (χ1) is 6.79. The number of hydrogen-bond donors (Lipinski definition) is 0. The highest BCUT2D eigenvalue weighted by Crippen LogP contribution is 2.26. The molecular weight excluding hydrogens is 198 g/mol. The van der Waals surface area contributed by atoms with E-state index in [0.29, 0.717) is 18.0 Å². The number of carbonyl (C=O) groups is 1. The van der Waals surface area contributed by atoms with Gasteiger partial charge in [0.05, 0.1) is 10.6 Å². The number of rotatable bonds is 3. The van der Waals surface area contributed by atoms with E-state index in [-0.39, 0.29) is 0 Å². The quantitative estimate of drug-likeness (QED) is 0.726. The van der Waals surface area contributed by atoms with Crippen LogP contribution in [0.2, 0.25) is 0 Å². The second-order valence-electron chi connectivity index (χ2n) is 2.93. The molecule has 0 fully saturated rings. The third kappa shape index (κ3) is 1.75. The van der Waals surface area contributed by atoms with Gasteiger partial charge in [-0.3, -0.25) is 0 Å². The standard InChI is InChI=1S/C10H9NO2S/c1-7-2-3-9(14-7)10-11-8(4-5-12)6-13-10/h2-3,5-6H,4H2,1H3. The van der Waals surface area contributed by atoms with Gasteiger partial charge in [-0.25, -0.2) is 4.98 Å². The summed E-state index contributed by atoms with van der Waals surface area (Å²) in [5.41, 5.74) is 0.682. The lowest BCUT2D eigenvalue weighted by molar-refractivity contribution is -0.107. The Labute approximate surface area is 85.4 Å². The van der Waals surface area contributed by atoms with E-state index in [1.54, 1.807) is 11.3 Å². The number of aryl methyl sites for hydroxylation is 1. The molecule has 0 unspecified atom stereocenters. The molecule has 14 heavy (non-hydrogen) atoms. The van der Waals surface area contributed by atoms with Gasteiger partial charge in [-0.05, 0) is 19.1 Å². The monoisotopic (exact) mass is 207 g/mol. The van der Waals surface area contributed by atoms with Crippen molar-refractivity contribution in [3.8, 4) is 10.8 Å². The molecule has 0 spiro atoms. The van der Waals surface area contributed by atoms with Crippen molar-refractivity contribution in [2.45, 2.75) is 13.3 Å². The average Bonchev–Trinajstić information content (AvgIpc) is 2.74. The normalized spacial score (nSPS) is 10.4. The first kappa shape index (κ1) is 9.15.